The van der Waals surface area contributed by atoms with Gasteiger partial charge in [0.15, 0.2) is 0 Å². The molecule has 0 aliphatic heterocycles. The molecule has 0 saturated heterocycles. The largest absolute Gasteiger partial charge is 0.418 e. The highest BCUT2D eigenvalue weighted by Gasteiger charge is 2.33. The van der Waals surface area contributed by atoms with Crippen molar-refractivity contribution in [3.05, 3.63) is 64.4 Å². The van der Waals surface area contributed by atoms with E-state index in [-0.39, 0.29) is 10.6 Å². The summed E-state index contributed by atoms with van der Waals surface area (Å²) in [6.45, 7) is -0.572. The van der Waals surface area contributed by atoms with Crippen LogP contribution in [0.1, 0.15) is 15.9 Å². The lowest BCUT2D eigenvalue weighted by molar-refractivity contribution is -0.137. The first-order valence-electron chi connectivity index (χ1n) is 7.26. The first-order valence-corrected chi connectivity index (χ1v) is 7.64. The van der Waals surface area contributed by atoms with Gasteiger partial charge in [0.2, 0.25) is 5.91 Å². The number of nitrogens with zero attached hydrogens (tertiary/aromatic N) is 1. The van der Waals surface area contributed by atoms with E-state index < -0.39 is 41.6 Å². The first kappa shape index (κ1) is 19.7. The highest BCUT2D eigenvalue weighted by molar-refractivity contribution is 6.31. The molecule has 0 saturated carbocycles. The smallest absolute Gasteiger partial charge is 0.332 e. The summed E-state index contributed by atoms with van der Waals surface area (Å²) in [6, 6.07) is 7.81. The van der Waals surface area contributed by atoms with Crippen LogP contribution in [-0.4, -0.2) is 30.3 Å². The Balaban J connectivity index is 2.11. The number of hydrogen-bond donors (Lipinski definition) is 1. The molecule has 2 amide bonds. The predicted molar refractivity (Wildman–Crippen MR) is 88.4 cm³/mol. The Labute approximate surface area is 151 Å². The summed E-state index contributed by atoms with van der Waals surface area (Å²) < 4.78 is 52.5. The fourth-order valence-electron chi connectivity index (χ4n) is 2.18. The lowest BCUT2D eigenvalue weighted by Crippen LogP contribution is -2.35. The van der Waals surface area contributed by atoms with Crippen LogP contribution in [0.2, 0.25) is 5.02 Å². The summed E-state index contributed by atoms with van der Waals surface area (Å²) in [5.41, 5.74) is -1.79. The van der Waals surface area contributed by atoms with Gasteiger partial charge < -0.3 is 10.2 Å². The summed E-state index contributed by atoms with van der Waals surface area (Å²) in [4.78, 5) is 25.1. The average molecular weight is 389 g/mol. The summed E-state index contributed by atoms with van der Waals surface area (Å²) in [6.07, 6.45) is -4.64. The van der Waals surface area contributed by atoms with Gasteiger partial charge >= 0.3 is 6.18 Å². The van der Waals surface area contributed by atoms with E-state index in [2.05, 4.69) is 5.32 Å². The molecule has 0 fully saturated rings. The number of carbonyl (C=O) groups excluding carboxylic acids is 2. The minimum Gasteiger partial charge on any atom is -0.332 e. The van der Waals surface area contributed by atoms with Crippen LogP contribution in [0.25, 0.3) is 0 Å². The van der Waals surface area contributed by atoms with Crippen molar-refractivity contribution in [2.24, 2.45) is 0 Å². The molecule has 0 aliphatic carbocycles. The van der Waals surface area contributed by atoms with E-state index >= 15 is 0 Å². The Kier molecular flexibility index (Phi) is 5.86. The van der Waals surface area contributed by atoms with Gasteiger partial charge in [0, 0.05) is 12.1 Å². The molecule has 0 heterocycles. The Hall–Kier alpha value is -2.61. The second kappa shape index (κ2) is 7.74. The van der Waals surface area contributed by atoms with E-state index in [9.17, 15) is 27.2 Å². The third-order valence-corrected chi connectivity index (χ3v) is 3.63. The number of carbonyl (C=O) groups is 2. The minimum atomic E-state index is -4.64. The molecule has 0 bridgehead atoms. The van der Waals surface area contributed by atoms with Gasteiger partial charge in [-0.2, -0.15) is 13.2 Å². The van der Waals surface area contributed by atoms with E-state index in [0.29, 0.717) is 0 Å². The van der Waals surface area contributed by atoms with Crippen molar-refractivity contribution in [1.29, 1.82) is 0 Å². The Morgan fingerprint density at radius 1 is 1.15 bits per heavy atom. The fourth-order valence-corrected chi connectivity index (χ4v) is 2.36. The molecule has 0 spiro atoms. The summed E-state index contributed by atoms with van der Waals surface area (Å²) in [5, 5.41) is 2.24. The van der Waals surface area contributed by atoms with Gasteiger partial charge in [-0.3, -0.25) is 9.59 Å². The molecule has 4 nitrogen and oxygen atoms in total. The quantitative estimate of drug-likeness (QED) is 0.798. The molecule has 0 atom stereocenters. The van der Waals surface area contributed by atoms with E-state index in [1.54, 1.807) is 0 Å². The SMILES string of the molecule is CN(CC(=O)Nc1ccccc1C(F)(F)F)C(=O)c1cc(Cl)ccc1F. The molecule has 0 aliphatic rings. The number of benzene rings is 2. The third kappa shape index (κ3) is 4.72. The van der Waals surface area contributed by atoms with Crippen LogP contribution in [0.15, 0.2) is 42.5 Å². The van der Waals surface area contributed by atoms with Crippen LogP contribution >= 0.6 is 11.6 Å². The molecule has 0 aromatic heterocycles. The van der Waals surface area contributed by atoms with Crippen LogP contribution in [0, 0.1) is 5.82 Å². The molecule has 2 rings (SSSR count). The fraction of sp³-hybridized carbons (Fsp3) is 0.176. The highest BCUT2D eigenvalue weighted by Crippen LogP contribution is 2.34. The first-order chi connectivity index (χ1) is 12.1. The van der Waals surface area contributed by atoms with Crippen molar-refractivity contribution in [3.63, 3.8) is 0 Å². The monoisotopic (exact) mass is 388 g/mol. The maximum absolute atomic E-state index is 13.7. The molecular formula is C17H13ClF4N2O2. The molecule has 1 N–H and O–H groups in total. The van der Waals surface area contributed by atoms with Crippen LogP contribution in [0.4, 0.5) is 23.2 Å². The minimum absolute atomic E-state index is 0.131. The zero-order valence-corrected chi connectivity index (χ0v) is 14.2. The lowest BCUT2D eigenvalue weighted by Gasteiger charge is -2.18. The summed E-state index contributed by atoms with van der Waals surface area (Å²) in [7, 11) is 1.22. The molecule has 2 aromatic carbocycles. The number of hydrogen-bond acceptors (Lipinski definition) is 2. The van der Waals surface area contributed by atoms with Crippen molar-refractivity contribution in [2.45, 2.75) is 6.18 Å². The second-order valence-corrected chi connectivity index (χ2v) is 5.81. The van der Waals surface area contributed by atoms with Crippen LogP contribution in [0.3, 0.4) is 0 Å². The van der Waals surface area contributed by atoms with Gasteiger partial charge in [-0.15, -0.1) is 0 Å². The summed E-state index contributed by atoms with van der Waals surface area (Å²) >= 11 is 5.72. The standard InChI is InChI=1S/C17H13ClF4N2O2/c1-24(16(26)11-8-10(18)6-7-13(11)19)9-15(25)23-14-5-3-2-4-12(14)17(20,21)22/h2-8H,9H2,1H3,(H,23,25). The Bertz CT molecular complexity index is 840. The van der Waals surface area contributed by atoms with Gasteiger partial charge in [0.05, 0.1) is 23.4 Å². The van der Waals surface area contributed by atoms with E-state index in [1.165, 1.54) is 25.2 Å². The van der Waals surface area contributed by atoms with Crippen molar-refractivity contribution in [2.75, 3.05) is 18.9 Å². The summed E-state index contributed by atoms with van der Waals surface area (Å²) in [5.74, 6) is -2.52. The lowest BCUT2D eigenvalue weighted by atomic mass is 10.1. The van der Waals surface area contributed by atoms with Crippen molar-refractivity contribution < 1.29 is 27.2 Å². The van der Waals surface area contributed by atoms with Gasteiger partial charge in [0.1, 0.15) is 5.82 Å². The molecule has 138 valence electrons. The number of halogens is 5. The van der Waals surface area contributed by atoms with Crippen molar-refractivity contribution >= 4 is 29.1 Å². The number of rotatable bonds is 4. The number of anilines is 1. The maximum atomic E-state index is 13.7. The van der Waals surface area contributed by atoms with Crippen molar-refractivity contribution in [3.8, 4) is 0 Å². The van der Waals surface area contributed by atoms with Crippen LogP contribution in [0.5, 0.6) is 0 Å². The second-order valence-electron chi connectivity index (χ2n) is 5.38. The molecule has 0 radical (unpaired) electrons. The highest BCUT2D eigenvalue weighted by atomic mass is 35.5. The molecule has 2 aromatic rings. The van der Waals surface area contributed by atoms with Gasteiger partial charge in [-0.25, -0.2) is 4.39 Å². The Morgan fingerprint density at radius 3 is 2.46 bits per heavy atom. The Morgan fingerprint density at radius 2 is 1.81 bits per heavy atom. The average Bonchev–Trinajstić information content (AvgIpc) is 2.55. The number of amides is 2. The van der Waals surface area contributed by atoms with E-state index in [0.717, 1.165) is 29.2 Å². The van der Waals surface area contributed by atoms with Crippen LogP contribution < -0.4 is 5.32 Å². The van der Waals surface area contributed by atoms with Gasteiger partial charge in [0.25, 0.3) is 5.91 Å². The topological polar surface area (TPSA) is 49.4 Å². The molecule has 26 heavy (non-hydrogen) atoms. The zero-order chi connectivity index (χ0) is 19.5. The number of likely N-dealkylation sites (N-methyl/N-ethyl adjacent to an activating group) is 1. The van der Waals surface area contributed by atoms with Crippen molar-refractivity contribution in [1.82, 2.24) is 4.90 Å². The van der Waals surface area contributed by atoms with E-state index in [4.69, 9.17) is 11.6 Å². The zero-order valence-electron chi connectivity index (χ0n) is 13.4. The maximum Gasteiger partial charge on any atom is 0.418 e. The number of nitrogens with one attached hydrogen (secondary N) is 1. The predicted octanol–water partition coefficient (Wildman–Crippen LogP) is 4.21. The van der Waals surface area contributed by atoms with Crippen LogP contribution in [-0.2, 0) is 11.0 Å². The van der Waals surface area contributed by atoms with E-state index in [1.807, 2.05) is 0 Å². The molecule has 0 unspecified atom stereocenters. The van der Waals surface area contributed by atoms with Gasteiger partial charge in [-0.05, 0) is 30.3 Å². The molecule has 9 heteroatoms. The van der Waals surface area contributed by atoms with Gasteiger partial charge in [-0.1, -0.05) is 23.7 Å². The molecular weight excluding hydrogens is 376 g/mol. The number of para-hydroxylation sites is 1. The third-order valence-electron chi connectivity index (χ3n) is 3.39. The number of alkyl halides is 3. The normalized spacial score (nSPS) is 11.2.